The smallest absolute Gasteiger partial charge is 0.237 e. The Balaban J connectivity index is 1.74. The van der Waals surface area contributed by atoms with Crippen molar-refractivity contribution in [3.63, 3.8) is 0 Å². The molecule has 1 amide bonds. The molecule has 0 bridgehead atoms. The van der Waals surface area contributed by atoms with Crippen molar-refractivity contribution in [1.29, 1.82) is 0 Å². The zero-order chi connectivity index (χ0) is 18.7. The minimum absolute atomic E-state index is 0.178. The molecule has 136 valence electrons. The molecule has 1 atom stereocenters. The van der Waals surface area contributed by atoms with Gasteiger partial charge in [-0.1, -0.05) is 47.1 Å². The van der Waals surface area contributed by atoms with Gasteiger partial charge in [-0.05, 0) is 37.4 Å². The van der Waals surface area contributed by atoms with Crippen LogP contribution in [-0.2, 0) is 11.3 Å². The molecule has 1 unspecified atom stereocenters. The van der Waals surface area contributed by atoms with E-state index in [2.05, 4.69) is 15.5 Å². The molecular weight excluding hydrogens is 411 g/mol. The predicted octanol–water partition coefficient (Wildman–Crippen LogP) is 5.45. The van der Waals surface area contributed by atoms with Crippen LogP contribution < -0.4 is 5.32 Å². The van der Waals surface area contributed by atoms with Gasteiger partial charge in [-0.3, -0.25) is 4.79 Å². The minimum Gasteiger partial charge on any atom is -0.324 e. The van der Waals surface area contributed by atoms with Crippen LogP contribution >= 0.6 is 46.3 Å². The van der Waals surface area contributed by atoms with Gasteiger partial charge >= 0.3 is 0 Å². The lowest BCUT2D eigenvalue weighted by Crippen LogP contribution is -2.23. The van der Waals surface area contributed by atoms with Crippen LogP contribution in [-0.4, -0.2) is 25.9 Å². The van der Waals surface area contributed by atoms with Crippen LogP contribution in [0.4, 0.5) is 5.69 Å². The summed E-state index contributed by atoms with van der Waals surface area (Å²) in [6.07, 6.45) is 0. The van der Waals surface area contributed by atoms with Crippen molar-refractivity contribution in [2.75, 3.05) is 5.32 Å². The van der Waals surface area contributed by atoms with Gasteiger partial charge in [0.2, 0.25) is 5.91 Å². The first-order valence-electron chi connectivity index (χ1n) is 7.89. The number of hydrogen-bond donors (Lipinski definition) is 1. The summed E-state index contributed by atoms with van der Waals surface area (Å²) < 4.78 is 2.01. The number of hydrogen-bond acceptors (Lipinski definition) is 5. The van der Waals surface area contributed by atoms with E-state index in [1.807, 2.05) is 35.9 Å². The van der Waals surface area contributed by atoms with Crippen LogP contribution in [0.5, 0.6) is 0 Å². The molecule has 0 aliphatic heterocycles. The normalized spacial score (nSPS) is 12.2. The fourth-order valence-corrected chi connectivity index (χ4v) is 4.27. The maximum absolute atomic E-state index is 12.5. The first-order valence-corrected chi connectivity index (χ1v) is 10.4. The molecule has 1 N–H and O–H groups in total. The Hall–Kier alpha value is -1.54. The Morgan fingerprint density at radius 2 is 2.12 bits per heavy atom. The van der Waals surface area contributed by atoms with Gasteiger partial charge in [0, 0.05) is 6.54 Å². The highest BCUT2D eigenvalue weighted by molar-refractivity contribution is 8.00. The molecule has 1 aromatic carbocycles. The fourth-order valence-electron chi connectivity index (χ4n) is 2.30. The van der Waals surface area contributed by atoms with Gasteiger partial charge in [0.05, 0.1) is 25.9 Å². The number of carbonyl (C=O) groups excluding carboxylic acids is 1. The number of nitrogens with zero attached hydrogens (tertiary/aromatic N) is 3. The Morgan fingerprint density at radius 3 is 2.81 bits per heavy atom. The molecule has 5 nitrogen and oxygen atoms in total. The van der Waals surface area contributed by atoms with E-state index in [-0.39, 0.29) is 11.2 Å². The second kappa shape index (κ2) is 8.43. The second-order valence-electron chi connectivity index (χ2n) is 5.38. The Labute approximate surface area is 169 Å². The van der Waals surface area contributed by atoms with Crippen LogP contribution in [0.1, 0.15) is 13.8 Å². The largest absolute Gasteiger partial charge is 0.324 e. The standard InChI is InChI=1S/C17H16Cl2N4OS2/c1-3-23-15(13-8-5-9-25-13)21-22-17(23)26-10(2)16(24)20-12-7-4-6-11(18)14(12)19/h4-10H,3H2,1-2H3,(H,20,24). The van der Waals surface area contributed by atoms with Crippen molar-refractivity contribution >= 4 is 57.9 Å². The molecule has 0 radical (unpaired) electrons. The molecule has 9 heteroatoms. The van der Waals surface area contributed by atoms with E-state index in [4.69, 9.17) is 23.2 Å². The Bertz CT molecular complexity index is 912. The molecule has 0 saturated heterocycles. The minimum atomic E-state index is -0.379. The third kappa shape index (κ3) is 4.06. The SMILES string of the molecule is CCn1c(SC(C)C(=O)Nc2cccc(Cl)c2Cl)nnc1-c1cccs1. The molecule has 3 rings (SSSR count). The molecule has 0 aliphatic rings. The van der Waals surface area contributed by atoms with Crippen LogP contribution in [0.25, 0.3) is 10.7 Å². The van der Waals surface area contributed by atoms with E-state index < -0.39 is 0 Å². The van der Waals surface area contributed by atoms with Gasteiger partial charge in [0.15, 0.2) is 11.0 Å². The van der Waals surface area contributed by atoms with Gasteiger partial charge in [-0.2, -0.15) is 0 Å². The van der Waals surface area contributed by atoms with Gasteiger partial charge in [0.1, 0.15) is 0 Å². The number of rotatable bonds is 6. The molecule has 3 aromatic rings. The number of nitrogens with one attached hydrogen (secondary N) is 1. The molecule has 2 heterocycles. The van der Waals surface area contributed by atoms with E-state index >= 15 is 0 Å². The molecule has 0 aliphatic carbocycles. The lowest BCUT2D eigenvalue weighted by molar-refractivity contribution is -0.115. The number of anilines is 1. The predicted molar refractivity (Wildman–Crippen MR) is 109 cm³/mol. The zero-order valence-electron chi connectivity index (χ0n) is 14.1. The summed E-state index contributed by atoms with van der Waals surface area (Å²) >= 11 is 15.1. The summed E-state index contributed by atoms with van der Waals surface area (Å²) in [5, 5.41) is 14.4. The summed E-state index contributed by atoms with van der Waals surface area (Å²) in [5.74, 6) is 0.637. The zero-order valence-corrected chi connectivity index (χ0v) is 17.2. The number of aromatic nitrogens is 3. The molecule has 0 saturated carbocycles. The number of amides is 1. The summed E-state index contributed by atoms with van der Waals surface area (Å²) in [4.78, 5) is 13.6. The van der Waals surface area contributed by atoms with Crippen molar-refractivity contribution in [2.24, 2.45) is 0 Å². The van der Waals surface area contributed by atoms with Crippen molar-refractivity contribution in [3.05, 3.63) is 45.8 Å². The maximum Gasteiger partial charge on any atom is 0.237 e. The number of thiophene rings is 1. The molecule has 2 aromatic heterocycles. The highest BCUT2D eigenvalue weighted by atomic mass is 35.5. The van der Waals surface area contributed by atoms with Crippen molar-refractivity contribution in [2.45, 2.75) is 30.8 Å². The van der Waals surface area contributed by atoms with Crippen LogP contribution in [0.3, 0.4) is 0 Å². The average molecular weight is 427 g/mol. The van der Waals surface area contributed by atoms with Crippen molar-refractivity contribution < 1.29 is 4.79 Å². The van der Waals surface area contributed by atoms with E-state index in [0.29, 0.717) is 20.9 Å². The number of benzene rings is 1. The highest BCUT2D eigenvalue weighted by Crippen LogP contribution is 2.32. The second-order valence-corrected chi connectivity index (χ2v) is 8.42. The topological polar surface area (TPSA) is 59.8 Å². The van der Waals surface area contributed by atoms with E-state index in [1.54, 1.807) is 29.5 Å². The fraction of sp³-hybridized carbons (Fsp3) is 0.235. The monoisotopic (exact) mass is 426 g/mol. The number of carbonyl (C=O) groups is 1. The summed E-state index contributed by atoms with van der Waals surface area (Å²) in [7, 11) is 0. The maximum atomic E-state index is 12.5. The quantitative estimate of drug-likeness (QED) is 0.532. The first kappa shape index (κ1) is 19.2. The van der Waals surface area contributed by atoms with Crippen LogP contribution in [0.2, 0.25) is 10.0 Å². The highest BCUT2D eigenvalue weighted by Gasteiger charge is 2.21. The van der Waals surface area contributed by atoms with E-state index in [1.165, 1.54) is 11.8 Å². The Kier molecular flexibility index (Phi) is 6.24. The van der Waals surface area contributed by atoms with Gasteiger partial charge < -0.3 is 9.88 Å². The summed E-state index contributed by atoms with van der Waals surface area (Å²) in [6.45, 7) is 4.57. The van der Waals surface area contributed by atoms with E-state index in [9.17, 15) is 4.79 Å². The third-order valence-corrected chi connectivity index (χ3v) is 6.40. The van der Waals surface area contributed by atoms with Gasteiger partial charge in [0.25, 0.3) is 0 Å². The number of halogens is 2. The molecular formula is C17H16Cl2N4OS2. The summed E-state index contributed by atoms with van der Waals surface area (Å²) in [6, 6.07) is 9.11. The van der Waals surface area contributed by atoms with Crippen LogP contribution in [0.15, 0.2) is 40.9 Å². The van der Waals surface area contributed by atoms with Gasteiger partial charge in [-0.15, -0.1) is 21.5 Å². The van der Waals surface area contributed by atoms with Gasteiger partial charge in [-0.25, -0.2) is 0 Å². The van der Waals surface area contributed by atoms with Crippen molar-refractivity contribution in [3.8, 4) is 10.7 Å². The molecule has 26 heavy (non-hydrogen) atoms. The molecule has 0 fully saturated rings. The third-order valence-electron chi connectivity index (χ3n) is 3.64. The van der Waals surface area contributed by atoms with Crippen LogP contribution in [0, 0.1) is 0 Å². The summed E-state index contributed by atoms with van der Waals surface area (Å²) in [5.41, 5.74) is 0.493. The lowest BCUT2D eigenvalue weighted by Gasteiger charge is -2.13. The van der Waals surface area contributed by atoms with E-state index in [0.717, 1.165) is 17.2 Å². The molecule has 0 spiro atoms. The lowest BCUT2D eigenvalue weighted by atomic mass is 10.3. The Morgan fingerprint density at radius 1 is 1.31 bits per heavy atom. The number of thioether (sulfide) groups is 1. The van der Waals surface area contributed by atoms with Crippen molar-refractivity contribution in [1.82, 2.24) is 14.8 Å². The average Bonchev–Trinajstić information content (AvgIpc) is 3.28. The first-order chi connectivity index (χ1) is 12.5.